The standard InChI is InChI=1S/C21H27N3O6/c1-12-17(13(2)30-24-12)11-28-16-9-7-8-15(10-16)19(26)29-14(3)18(25)22-20(27)23-21(4,5)6/h7-10,14H,11H2,1-6H3,(H2,22,23,25,27)/t14-/m0/s1. The maximum Gasteiger partial charge on any atom is 0.339 e. The number of amides is 3. The minimum atomic E-state index is -1.16. The SMILES string of the molecule is Cc1noc(C)c1COc1cccc(C(=O)O[C@@H](C)C(=O)NC(=O)NC(C)(C)C)c1. The molecule has 30 heavy (non-hydrogen) atoms. The number of nitrogens with zero attached hydrogens (tertiary/aromatic N) is 1. The molecule has 0 spiro atoms. The maximum atomic E-state index is 12.4. The van der Waals surface area contributed by atoms with E-state index in [4.69, 9.17) is 14.0 Å². The molecule has 1 heterocycles. The quantitative estimate of drug-likeness (QED) is 0.693. The molecule has 0 saturated carbocycles. The Morgan fingerprint density at radius 2 is 1.90 bits per heavy atom. The van der Waals surface area contributed by atoms with Crippen LogP contribution in [0.5, 0.6) is 5.75 Å². The fraction of sp³-hybridized carbons (Fsp3) is 0.429. The summed E-state index contributed by atoms with van der Waals surface area (Å²) in [5.41, 5.74) is 1.28. The third kappa shape index (κ3) is 6.61. The van der Waals surface area contributed by atoms with Gasteiger partial charge in [-0.25, -0.2) is 9.59 Å². The number of esters is 1. The zero-order valence-corrected chi connectivity index (χ0v) is 18.0. The number of aromatic nitrogens is 1. The molecule has 1 aromatic carbocycles. The van der Waals surface area contributed by atoms with E-state index in [2.05, 4.69) is 15.8 Å². The second-order valence-corrected chi connectivity index (χ2v) is 7.86. The van der Waals surface area contributed by atoms with Crippen molar-refractivity contribution in [1.82, 2.24) is 15.8 Å². The van der Waals surface area contributed by atoms with Crippen molar-refractivity contribution in [2.24, 2.45) is 0 Å². The van der Waals surface area contributed by atoms with Crippen LogP contribution in [-0.2, 0) is 16.1 Å². The Labute approximate surface area is 175 Å². The molecule has 2 N–H and O–H groups in total. The molecule has 0 saturated heterocycles. The lowest BCUT2D eigenvalue weighted by molar-refractivity contribution is -0.127. The number of hydrogen-bond acceptors (Lipinski definition) is 7. The molecule has 1 atom stereocenters. The molecule has 0 unspecified atom stereocenters. The Bertz CT molecular complexity index is 910. The van der Waals surface area contributed by atoms with E-state index in [9.17, 15) is 14.4 Å². The first kappa shape index (κ1) is 22.9. The van der Waals surface area contributed by atoms with Gasteiger partial charge in [0.2, 0.25) is 0 Å². The fourth-order valence-corrected chi connectivity index (χ4v) is 2.44. The molecule has 162 valence electrons. The van der Waals surface area contributed by atoms with Gasteiger partial charge >= 0.3 is 12.0 Å². The summed E-state index contributed by atoms with van der Waals surface area (Å²) in [6.07, 6.45) is -1.16. The largest absolute Gasteiger partial charge is 0.489 e. The van der Waals surface area contributed by atoms with Gasteiger partial charge in [0.15, 0.2) is 6.10 Å². The van der Waals surface area contributed by atoms with Crippen molar-refractivity contribution in [3.05, 3.63) is 46.8 Å². The first-order valence-corrected chi connectivity index (χ1v) is 9.45. The van der Waals surface area contributed by atoms with Gasteiger partial charge in [0.25, 0.3) is 5.91 Å². The molecular formula is C21H27N3O6. The number of benzene rings is 1. The highest BCUT2D eigenvalue weighted by Crippen LogP contribution is 2.19. The number of nitrogens with one attached hydrogen (secondary N) is 2. The van der Waals surface area contributed by atoms with Crippen molar-refractivity contribution in [2.45, 2.75) is 59.8 Å². The lowest BCUT2D eigenvalue weighted by Gasteiger charge is -2.21. The third-order valence-electron chi connectivity index (χ3n) is 4.01. The minimum absolute atomic E-state index is 0.213. The normalized spacial score (nSPS) is 12.1. The Morgan fingerprint density at radius 3 is 2.50 bits per heavy atom. The van der Waals surface area contributed by atoms with Crippen LogP contribution in [-0.4, -0.2) is 34.7 Å². The predicted molar refractivity (Wildman–Crippen MR) is 108 cm³/mol. The Kier molecular flexibility index (Phi) is 7.20. The molecule has 3 amide bonds. The summed E-state index contributed by atoms with van der Waals surface area (Å²) in [5, 5.41) is 8.60. The number of ether oxygens (including phenoxy) is 2. The Hall–Kier alpha value is -3.36. The van der Waals surface area contributed by atoms with Crippen molar-refractivity contribution < 1.29 is 28.4 Å². The van der Waals surface area contributed by atoms with Gasteiger partial charge < -0.3 is 19.3 Å². The van der Waals surface area contributed by atoms with E-state index in [0.717, 1.165) is 11.3 Å². The molecule has 0 bridgehead atoms. The lowest BCUT2D eigenvalue weighted by Crippen LogP contribution is -2.50. The average molecular weight is 417 g/mol. The fourth-order valence-electron chi connectivity index (χ4n) is 2.44. The molecule has 0 aliphatic rings. The molecular weight excluding hydrogens is 390 g/mol. The number of carbonyl (C=O) groups excluding carboxylic acids is 3. The summed E-state index contributed by atoms with van der Waals surface area (Å²) >= 11 is 0. The summed E-state index contributed by atoms with van der Waals surface area (Å²) < 4.78 is 16.0. The number of imide groups is 1. The predicted octanol–water partition coefficient (Wildman–Crippen LogP) is 3.04. The summed E-state index contributed by atoms with van der Waals surface area (Å²) in [6, 6.07) is 5.73. The van der Waals surface area contributed by atoms with E-state index >= 15 is 0 Å². The Balaban J connectivity index is 1.94. The highest BCUT2D eigenvalue weighted by molar-refractivity contribution is 5.98. The van der Waals surface area contributed by atoms with E-state index in [-0.39, 0.29) is 12.2 Å². The van der Waals surface area contributed by atoms with Crippen molar-refractivity contribution in [3.8, 4) is 5.75 Å². The number of hydrogen-bond donors (Lipinski definition) is 2. The zero-order chi connectivity index (χ0) is 22.5. The first-order chi connectivity index (χ1) is 14.0. The second kappa shape index (κ2) is 9.43. The van der Waals surface area contributed by atoms with E-state index in [1.165, 1.54) is 13.0 Å². The van der Waals surface area contributed by atoms with Crippen LogP contribution >= 0.6 is 0 Å². The van der Waals surface area contributed by atoms with Crippen LogP contribution in [0.1, 0.15) is 55.1 Å². The summed E-state index contributed by atoms with van der Waals surface area (Å²) in [6.45, 7) is 10.6. The van der Waals surface area contributed by atoms with Crippen LogP contribution in [0.2, 0.25) is 0 Å². The molecule has 2 aromatic rings. The van der Waals surface area contributed by atoms with Gasteiger partial charge in [0, 0.05) is 5.54 Å². The maximum absolute atomic E-state index is 12.4. The monoisotopic (exact) mass is 417 g/mol. The zero-order valence-electron chi connectivity index (χ0n) is 18.0. The van der Waals surface area contributed by atoms with Crippen LogP contribution in [0, 0.1) is 13.8 Å². The molecule has 0 aliphatic carbocycles. The third-order valence-corrected chi connectivity index (χ3v) is 4.01. The van der Waals surface area contributed by atoms with Gasteiger partial charge in [-0.1, -0.05) is 11.2 Å². The van der Waals surface area contributed by atoms with Crippen molar-refractivity contribution in [1.29, 1.82) is 0 Å². The number of aryl methyl sites for hydroxylation is 2. The highest BCUT2D eigenvalue weighted by Gasteiger charge is 2.23. The van der Waals surface area contributed by atoms with E-state index in [1.807, 2.05) is 6.92 Å². The van der Waals surface area contributed by atoms with E-state index in [1.54, 1.807) is 45.9 Å². The first-order valence-electron chi connectivity index (χ1n) is 9.45. The summed E-state index contributed by atoms with van der Waals surface area (Å²) in [5.74, 6) is -0.322. The van der Waals surface area contributed by atoms with Crippen LogP contribution in [0.3, 0.4) is 0 Å². The van der Waals surface area contributed by atoms with Crippen LogP contribution in [0.25, 0.3) is 0 Å². The number of urea groups is 1. The van der Waals surface area contributed by atoms with Crippen LogP contribution in [0.15, 0.2) is 28.8 Å². The minimum Gasteiger partial charge on any atom is -0.489 e. The van der Waals surface area contributed by atoms with Gasteiger partial charge in [-0.3, -0.25) is 10.1 Å². The average Bonchev–Trinajstić information content (AvgIpc) is 2.96. The highest BCUT2D eigenvalue weighted by atomic mass is 16.5. The van der Waals surface area contributed by atoms with Crippen molar-refractivity contribution in [3.63, 3.8) is 0 Å². The lowest BCUT2D eigenvalue weighted by atomic mass is 10.1. The molecule has 0 fully saturated rings. The van der Waals surface area contributed by atoms with E-state index in [0.29, 0.717) is 11.5 Å². The molecule has 9 nitrogen and oxygen atoms in total. The van der Waals surface area contributed by atoms with Gasteiger partial charge in [-0.05, 0) is 59.7 Å². The number of rotatable bonds is 6. The second-order valence-electron chi connectivity index (χ2n) is 7.86. The van der Waals surface area contributed by atoms with Crippen molar-refractivity contribution in [2.75, 3.05) is 0 Å². The van der Waals surface area contributed by atoms with Crippen molar-refractivity contribution >= 4 is 17.9 Å². The Morgan fingerprint density at radius 1 is 1.20 bits per heavy atom. The van der Waals surface area contributed by atoms with E-state index < -0.39 is 29.6 Å². The number of carbonyl (C=O) groups is 3. The van der Waals surface area contributed by atoms with Crippen LogP contribution in [0.4, 0.5) is 4.79 Å². The molecule has 1 aromatic heterocycles. The van der Waals surface area contributed by atoms with Gasteiger partial charge in [0.1, 0.15) is 18.1 Å². The van der Waals surface area contributed by atoms with Gasteiger partial charge in [-0.2, -0.15) is 0 Å². The van der Waals surface area contributed by atoms with Crippen LogP contribution < -0.4 is 15.4 Å². The topological polar surface area (TPSA) is 120 Å². The molecule has 0 radical (unpaired) electrons. The van der Waals surface area contributed by atoms with Gasteiger partial charge in [0.05, 0.1) is 16.8 Å². The summed E-state index contributed by atoms with van der Waals surface area (Å²) in [4.78, 5) is 36.2. The smallest absolute Gasteiger partial charge is 0.339 e. The molecule has 2 rings (SSSR count). The molecule has 9 heteroatoms. The van der Waals surface area contributed by atoms with Gasteiger partial charge in [-0.15, -0.1) is 0 Å². The molecule has 0 aliphatic heterocycles. The summed E-state index contributed by atoms with van der Waals surface area (Å²) in [7, 11) is 0.